The first-order valence-corrected chi connectivity index (χ1v) is 8.91. The van der Waals surface area contributed by atoms with Gasteiger partial charge in [0.05, 0.1) is 29.6 Å². The molecule has 0 fully saturated rings. The Labute approximate surface area is 155 Å². The van der Waals surface area contributed by atoms with E-state index in [0.29, 0.717) is 18.2 Å². The quantitative estimate of drug-likeness (QED) is 0.652. The van der Waals surface area contributed by atoms with Gasteiger partial charge in [-0.25, -0.2) is 4.79 Å². The van der Waals surface area contributed by atoms with Crippen LogP contribution in [0, 0.1) is 6.92 Å². The second kappa shape index (κ2) is 6.61. The van der Waals surface area contributed by atoms with E-state index in [1.54, 1.807) is 19.2 Å². The Bertz CT molecular complexity index is 990. The summed E-state index contributed by atoms with van der Waals surface area (Å²) in [6.45, 7) is 4.45. The molecule has 0 N–H and O–H groups in total. The van der Waals surface area contributed by atoms with E-state index in [9.17, 15) is 4.79 Å². The van der Waals surface area contributed by atoms with Crippen LogP contribution >= 0.6 is 11.6 Å². The molecule has 26 heavy (non-hydrogen) atoms. The number of carbonyl (C=O) groups is 1. The van der Waals surface area contributed by atoms with E-state index >= 15 is 0 Å². The van der Waals surface area contributed by atoms with Crippen LogP contribution in [0.15, 0.2) is 28.9 Å². The van der Waals surface area contributed by atoms with Crippen molar-refractivity contribution in [3.8, 4) is 11.3 Å². The lowest BCUT2D eigenvalue weighted by Crippen LogP contribution is -2.05. The SMILES string of the molecule is CCOC(=O)c1oc2c(c1C)-c1nn(Cc3ncccc3Cl)cc1CC2. The summed E-state index contributed by atoms with van der Waals surface area (Å²) in [6.07, 6.45) is 5.28. The van der Waals surface area contributed by atoms with Crippen molar-refractivity contribution in [2.75, 3.05) is 6.61 Å². The lowest BCUT2D eigenvalue weighted by atomic mass is 9.94. The first-order valence-electron chi connectivity index (χ1n) is 8.54. The summed E-state index contributed by atoms with van der Waals surface area (Å²) in [5, 5.41) is 5.33. The summed E-state index contributed by atoms with van der Waals surface area (Å²) in [5.41, 5.74) is 4.44. The molecule has 7 heteroatoms. The Kier molecular flexibility index (Phi) is 4.28. The van der Waals surface area contributed by atoms with Crippen molar-refractivity contribution in [1.29, 1.82) is 0 Å². The minimum Gasteiger partial charge on any atom is -0.460 e. The number of esters is 1. The van der Waals surface area contributed by atoms with E-state index in [4.69, 9.17) is 25.9 Å². The van der Waals surface area contributed by atoms with Crippen molar-refractivity contribution in [3.05, 3.63) is 57.9 Å². The molecule has 0 aromatic carbocycles. The number of halogens is 1. The number of aryl methyl sites for hydroxylation is 2. The van der Waals surface area contributed by atoms with E-state index in [0.717, 1.165) is 46.7 Å². The standard InChI is InChI=1S/C19H18ClN3O3/c1-3-25-19(24)18-11(2)16-15(26-18)7-6-12-9-23(22-17(12)16)10-14-13(20)5-4-8-21-14/h4-5,8-9H,3,6-7,10H2,1-2H3. The summed E-state index contributed by atoms with van der Waals surface area (Å²) in [7, 11) is 0. The fraction of sp³-hybridized carbons (Fsp3) is 0.316. The van der Waals surface area contributed by atoms with E-state index in [1.165, 1.54) is 0 Å². The second-order valence-corrected chi connectivity index (χ2v) is 6.61. The minimum absolute atomic E-state index is 0.270. The van der Waals surface area contributed by atoms with Crippen LogP contribution in [0.4, 0.5) is 0 Å². The molecule has 0 saturated heterocycles. The van der Waals surface area contributed by atoms with Crippen LogP contribution in [-0.4, -0.2) is 27.3 Å². The predicted octanol–water partition coefficient (Wildman–Crippen LogP) is 3.82. The normalized spacial score (nSPS) is 12.6. The van der Waals surface area contributed by atoms with Crippen molar-refractivity contribution in [2.24, 2.45) is 0 Å². The topological polar surface area (TPSA) is 70.2 Å². The molecule has 3 heterocycles. The molecule has 4 rings (SSSR count). The predicted molar refractivity (Wildman–Crippen MR) is 96.4 cm³/mol. The summed E-state index contributed by atoms with van der Waals surface area (Å²) in [4.78, 5) is 16.4. The first kappa shape index (κ1) is 16.8. The van der Waals surface area contributed by atoms with Gasteiger partial charge in [0.25, 0.3) is 0 Å². The molecule has 0 saturated carbocycles. The molecule has 0 bridgehead atoms. The fourth-order valence-electron chi connectivity index (χ4n) is 3.32. The maximum atomic E-state index is 12.1. The Morgan fingerprint density at radius 3 is 3.04 bits per heavy atom. The Morgan fingerprint density at radius 2 is 2.27 bits per heavy atom. The zero-order valence-electron chi connectivity index (χ0n) is 14.6. The molecule has 0 amide bonds. The molecule has 134 valence electrons. The van der Waals surface area contributed by atoms with Crippen LogP contribution in [0.25, 0.3) is 11.3 Å². The molecule has 1 aliphatic carbocycles. The van der Waals surface area contributed by atoms with Gasteiger partial charge in [0, 0.05) is 29.9 Å². The zero-order chi connectivity index (χ0) is 18.3. The van der Waals surface area contributed by atoms with Crippen LogP contribution in [0.2, 0.25) is 5.02 Å². The summed E-state index contributed by atoms with van der Waals surface area (Å²) >= 11 is 6.21. The van der Waals surface area contributed by atoms with Gasteiger partial charge in [0.15, 0.2) is 0 Å². The number of fused-ring (bicyclic) bond motifs is 3. The highest BCUT2D eigenvalue weighted by Crippen LogP contribution is 2.38. The Balaban J connectivity index is 1.71. The minimum atomic E-state index is -0.430. The summed E-state index contributed by atoms with van der Waals surface area (Å²) < 4.78 is 12.7. The number of pyridine rings is 1. The van der Waals surface area contributed by atoms with Crippen LogP contribution in [0.1, 0.15) is 40.1 Å². The molecule has 0 aliphatic heterocycles. The average Bonchev–Trinajstić information content (AvgIpc) is 3.17. The van der Waals surface area contributed by atoms with Gasteiger partial charge in [0.2, 0.25) is 5.76 Å². The van der Waals surface area contributed by atoms with Gasteiger partial charge >= 0.3 is 5.97 Å². The van der Waals surface area contributed by atoms with Gasteiger partial charge in [0.1, 0.15) is 5.76 Å². The Morgan fingerprint density at radius 1 is 1.42 bits per heavy atom. The van der Waals surface area contributed by atoms with Gasteiger partial charge < -0.3 is 9.15 Å². The van der Waals surface area contributed by atoms with E-state index in [-0.39, 0.29) is 5.76 Å². The lowest BCUT2D eigenvalue weighted by molar-refractivity contribution is 0.0487. The number of hydrogen-bond donors (Lipinski definition) is 0. The van der Waals surface area contributed by atoms with Gasteiger partial charge in [-0.2, -0.15) is 5.10 Å². The number of ether oxygens (including phenoxy) is 1. The Hall–Kier alpha value is -2.60. The molecular weight excluding hydrogens is 354 g/mol. The number of rotatable bonds is 4. The molecule has 0 spiro atoms. The van der Waals surface area contributed by atoms with Crippen molar-refractivity contribution in [1.82, 2.24) is 14.8 Å². The van der Waals surface area contributed by atoms with Gasteiger partial charge in [-0.3, -0.25) is 9.67 Å². The smallest absolute Gasteiger partial charge is 0.374 e. The zero-order valence-corrected chi connectivity index (χ0v) is 15.3. The van der Waals surface area contributed by atoms with Gasteiger partial charge in [-0.05, 0) is 38.0 Å². The highest BCUT2D eigenvalue weighted by Gasteiger charge is 2.30. The number of nitrogens with zero attached hydrogens (tertiary/aromatic N) is 3. The van der Waals surface area contributed by atoms with E-state index < -0.39 is 5.97 Å². The number of aromatic nitrogens is 3. The third kappa shape index (κ3) is 2.80. The number of hydrogen-bond acceptors (Lipinski definition) is 5. The lowest BCUT2D eigenvalue weighted by Gasteiger charge is -2.09. The maximum Gasteiger partial charge on any atom is 0.374 e. The van der Waals surface area contributed by atoms with Crippen LogP contribution < -0.4 is 0 Å². The highest BCUT2D eigenvalue weighted by molar-refractivity contribution is 6.31. The third-order valence-electron chi connectivity index (χ3n) is 4.52. The van der Waals surface area contributed by atoms with Crippen molar-refractivity contribution >= 4 is 17.6 Å². The number of carbonyl (C=O) groups excluding carboxylic acids is 1. The highest BCUT2D eigenvalue weighted by atomic mass is 35.5. The van der Waals surface area contributed by atoms with E-state index in [2.05, 4.69) is 4.98 Å². The average molecular weight is 372 g/mol. The van der Waals surface area contributed by atoms with Crippen molar-refractivity contribution < 1.29 is 13.9 Å². The molecular formula is C19H18ClN3O3. The summed E-state index contributed by atoms with van der Waals surface area (Å²) in [6, 6.07) is 3.62. The molecule has 3 aromatic rings. The van der Waals surface area contributed by atoms with Crippen molar-refractivity contribution in [3.63, 3.8) is 0 Å². The van der Waals surface area contributed by atoms with Crippen molar-refractivity contribution in [2.45, 2.75) is 33.2 Å². The summed E-state index contributed by atoms with van der Waals surface area (Å²) in [5.74, 6) is 0.631. The van der Waals surface area contributed by atoms with Gasteiger partial charge in [-0.1, -0.05) is 11.6 Å². The van der Waals surface area contributed by atoms with Crippen LogP contribution in [-0.2, 0) is 24.1 Å². The fourth-order valence-corrected chi connectivity index (χ4v) is 3.51. The second-order valence-electron chi connectivity index (χ2n) is 6.21. The first-order chi connectivity index (χ1) is 12.6. The molecule has 0 radical (unpaired) electrons. The maximum absolute atomic E-state index is 12.1. The number of furan rings is 1. The van der Waals surface area contributed by atoms with Crippen LogP contribution in [0.5, 0.6) is 0 Å². The molecule has 0 unspecified atom stereocenters. The molecule has 1 aliphatic rings. The third-order valence-corrected chi connectivity index (χ3v) is 4.87. The van der Waals surface area contributed by atoms with Crippen LogP contribution in [0.3, 0.4) is 0 Å². The largest absolute Gasteiger partial charge is 0.460 e. The molecule has 0 atom stereocenters. The molecule has 6 nitrogen and oxygen atoms in total. The molecule has 3 aromatic heterocycles. The van der Waals surface area contributed by atoms with Gasteiger partial charge in [-0.15, -0.1) is 0 Å². The van der Waals surface area contributed by atoms with E-state index in [1.807, 2.05) is 23.9 Å². The monoisotopic (exact) mass is 371 g/mol.